The first kappa shape index (κ1) is 14.9. The van der Waals surface area contributed by atoms with E-state index in [2.05, 4.69) is 26.2 Å². The Balaban J connectivity index is 2.48. The Kier molecular flexibility index (Phi) is 4.35. The average molecular weight is 354 g/mol. The lowest BCUT2D eigenvalue weighted by Gasteiger charge is -2.14. The van der Waals surface area contributed by atoms with Crippen molar-refractivity contribution in [2.24, 2.45) is 5.73 Å². The van der Waals surface area contributed by atoms with Crippen LogP contribution in [0.3, 0.4) is 0 Å². The summed E-state index contributed by atoms with van der Waals surface area (Å²) in [4.78, 5) is 4.54. The van der Waals surface area contributed by atoms with Crippen LogP contribution < -0.4 is 11.1 Å². The van der Waals surface area contributed by atoms with Crippen LogP contribution >= 0.6 is 28.1 Å². The zero-order valence-electron chi connectivity index (χ0n) is 11.0. The van der Waals surface area contributed by atoms with Crippen LogP contribution in [0.2, 0.25) is 0 Å². The normalized spacial score (nSPS) is 10.4. The zero-order valence-corrected chi connectivity index (χ0v) is 13.4. The fraction of sp³-hybridized carbons (Fsp3) is 0.143. The summed E-state index contributed by atoms with van der Waals surface area (Å²) in [6, 6.07) is 4.95. The molecule has 6 heteroatoms. The van der Waals surface area contributed by atoms with Crippen molar-refractivity contribution in [3.05, 3.63) is 51.4 Å². The molecule has 2 aromatic rings. The molecule has 0 radical (unpaired) electrons. The van der Waals surface area contributed by atoms with Gasteiger partial charge >= 0.3 is 0 Å². The Labute approximate surface area is 130 Å². The van der Waals surface area contributed by atoms with E-state index in [0.29, 0.717) is 15.9 Å². The van der Waals surface area contributed by atoms with Gasteiger partial charge in [-0.15, -0.1) is 0 Å². The van der Waals surface area contributed by atoms with Crippen LogP contribution in [0.25, 0.3) is 0 Å². The average Bonchev–Trinajstić information content (AvgIpc) is 2.35. The second kappa shape index (κ2) is 5.85. The van der Waals surface area contributed by atoms with E-state index < -0.39 is 0 Å². The van der Waals surface area contributed by atoms with Crippen LogP contribution in [0, 0.1) is 19.7 Å². The second-order valence-electron chi connectivity index (χ2n) is 4.42. The van der Waals surface area contributed by atoms with Gasteiger partial charge in [0.25, 0.3) is 0 Å². The predicted octanol–water partition coefficient (Wildman–Crippen LogP) is 3.98. The quantitative estimate of drug-likeness (QED) is 0.819. The standard InChI is InChI=1S/C14H13BrFN3S/c1-7-3-4-18-14(12(7)13(17)20)19-11-6-9(15)10(16)5-8(11)2/h3-6H,1-2H3,(H2,17,20)(H,18,19). The molecule has 0 aliphatic carbocycles. The summed E-state index contributed by atoms with van der Waals surface area (Å²) in [7, 11) is 0. The SMILES string of the molecule is Cc1cc(F)c(Br)cc1Nc1nccc(C)c1C(N)=S. The number of pyridine rings is 1. The molecule has 0 fully saturated rings. The molecule has 0 saturated carbocycles. The smallest absolute Gasteiger partial charge is 0.140 e. The number of aromatic nitrogens is 1. The van der Waals surface area contributed by atoms with Gasteiger partial charge in [0, 0.05) is 11.9 Å². The lowest BCUT2D eigenvalue weighted by Crippen LogP contribution is -2.15. The van der Waals surface area contributed by atoms with Crippen molar-refractivity contribution in [2.75, 3.05) is 5.32 Å². The molecule has 3 N–H and O–H groups in total. The van der Waals surface area contributed by atoms with Gasteiger partial charge in [-0.3, -0.25) is 0 Å². The topological polar surface area (TPSA) is 50.9 Å². The summed E-state index contributed by atoms with van der Waals surface area (Å²) in [5.74, 6) is 0.263. The van der Waals surface area contributed by atoms with E-state index in [1.807, 2.05) is 19.9 Å². The summed E-state index contributed by atoms with van der Waals surface area (Å²) < 4.78 is 13.8. The number of hydrogen-bond acceptors (Lipinski definition) is 3. The van der Waals surface area contributed by atoms with E-state index >= 15 is 0 Å². The van der Waals surface area contributed by atoms with E-state index in [0.717, 1.165) is 16.8 Å². The number of anilines is 2. The minimum Gasteiger partial charge on any atom is -0.389 e. The third kappa shape index (κ3) is 2.96. The second-order valence-corrected chi connectivity index (χ2v) is 5.72. The van der Waals surface area contributed by atoms with Gasteiger partial charge in [0.1, 0.15) is 16.6 Å². The van der Waals surface area contributed by atoms with Gasteiger partial charge in [-0.25, -0.2) is 9.37 Å². The highest BCUT2D eigenvalue weighted by atomic mass is 79.9. The molecule has 0 amide bonds. The first-order valence-corrected chi connectivity index (χ1v) is 7.08. The molecule has 3 nitrogen and oxygen atoms in total. The van der Waals surface area contributed by atoms with Crippen LogP contribution in [0.5, 0.6) is 0 Å². The van der Waals surface area contributed by atoms with E-state index in [9.17, 15) is 4.39 Å². The number of thiocarbonyl (C=S) groups is 1. The van der Waals surface area contributed by atoms with Crippen LogP contribution in [-0.2, 0) is 0 Å². The predicted molar refractivity (Wildman–Crippen MR) is 87.0 cm³/mol. The summed E-state index contributed by atoms with van der Waals surface area (Å²) in [5.41, 5.74) is 8.89. The van der Waals surface area contributed by atoms with Crippen molar-refractivity contribution < 1.29 is 4.39 Å². The van der Waals surface area contributed by atoms with Gasteiger partial charge in [0.2, 0.25) is 0 Å². The largest absolute Gasteiger partial charge is 0.389 e. The number of aryl methyl sites for hydroxylation is 2. The van der Waals surface area contributed by atoms with Gasteiger partial charge < -0.3 is 11.1 Å². The molecule has 1 aromatic heterocycles. The molecule has 0 aliphatic rings. The molecule has 20 heavy (non-hydrogen) atoms. The van der Waals surface area contributed by atoms with Crippen molar-refractivity contribution in [3.8, 4) is 0 Å². The molecular weight excluding hydrogens is 341 g/mol. The Morgan fingerprint density at radius 1 is 1.35 bits per heavy atom. The van der Waals surface area contributed by atoms with E-state index in [1.165, 1.54) is 6.07 Å². The first-order chi connectivity index (χ1) is 9.40. The molecule has 1 aromatic carbocycles. The molecule has 0 unspecified atom stereocenters. The maximum atomic E-state index is 13.4. The van der Waals surface area contributed by atoms with Gasteiger partial charge in [-0.1, -0.05) is 12.2 Å². The van der Waals surface area contributed by atoms with E-state index in [4.69, 9.17) is 18.0 Å². The molecule has 0 saturated heterocycles. The fourth-order valence-electron chi connectivity index (χ4n) is 1.87. The van der Waals surface area contributed by atoms with Crippen LogP contribution in [0.1, 0.15) is 16.7 Å². The molecule has 104 valence electrons. The highest BCUT2D eigenvalue weighted by Crippen LogP contribution is 2.28. The number of rotatable bonds is 3. The zero-order chi connectivity index (χ0) is 14.9. The van der Waals surface area contributed by atoms with Crippen molar-refractivity contribution in [3.63, 3.8) is 0 Å². The van der Waals surface area contributed by atoms with Crippen LogP contribution in [-0.4, -0.2) is 9.97 Å². The molecule has 1 heterocycles. The van der Waals surface area contributed by atoms with Gasteiger partial charge in [-0.2, -0.15) is 0 Å². The number of nitrogens with two attached hydrogens (primary N) is 1. The summed E-state index contributed by atoms with van der Waals surface area (Å²) in [5, 5.41) is 3.16. The number of nitrogens with zero attached hydrogens (tertiary/aromatic N) is 1. The van der Waals surface area contributed by atoms with Crippen molar-refractivity contribution >= 4 is 44.6 Å². The molecule has 0 aliphatic heterocycles. The third-order valence-corrected chi connectivity index (χ3v) is 3.74. The van der Waals surface area contributed by atoms with Gasteiger partial charge in [0.15, 0.2) is 0 Å². The molecule has 0 spiro atoms. The summed E-state index contributed by atoms with van der Waals surface area (Å²) >= 11 is 8.23. The number of hydrogen-bond donors (Lipinski definition) is 2. The minimum absolute atomic E-state index is 0.275. The summed E-state index contributed by atoms with van der Waals surface area (Å²) in [6.45, 7) is 3.73. The van der Waals surface area contributed by atoms with Gasteiger partial charge in [0.05, 0.1) is 10.0 Å². The van der Waals surface area contributed by atoms with Crippen LogP contribution in [0.4, 0.5) is 15.9 Å². The Hall–Kier alpha value is -1.53. The van der Waals surface area contributed by atoms with Crippen LogP contribution in [0.15, 0.2) is 28.9 Å². The Morgan fingerprint density at radius 2 is 2.05 bits per heavy atom. The summed E-state index contributed by atoms with van der Waals surface area (Å²) in [6.07, 6.45) is 1.67. The molecule has 0 bridgehead atoms. The molecule has 0 atom stereocenters. The monoisotopic (exact) mass is 353 g/mol. The highest BCUT2D eigenvalue weighted by Gasteiger charge is 2.12. The lowest BCUT2D eigenvalue weighted by molar-refractivity contribution is 0.620. The number of halogens is 2. The maximum absolute atomic E-state index is 13.4. The fourth-order valence-corrected chi connectivity index (χ4v) is 2.47. The minimum atomic E-state index is -0.306. The lowest BCUT2D eigenvalue weighted by atomic mass is 10.1. The van der Waals surface area contributed by atoms with Crippen molar-refractivity contribution in [1.82, 2.24) is 4.98 Å². The third-order valence-electron chi connectivity index (χ3n) is 2.93. The van der Waals surface area contributed by atoms with Crippen molar-refractivity contribution in [1.29, 1.82) is 0 Å². The maximum Gasteiger partial charge on any atom is 0.140 e. The van der Waals surface area contributed by atoms with Crippen molar-refractivity contribution in [2.45, 2.75) is 13.8 Å². The first-order valence-electron chi connectivity index (χ1n) is 5.88. The Morgan fingerprint density at radius 3 is 2.70 bits per heavy atom. The Bertz CT molecular complexity index is 688. The number of benzene rings is 1. The van der Waals surface area contributed by atoms with E-state index in [1.54, 1.807) is 12.3 Å². The van der Waals surface area contributed by atoms with E-state index in [-0.39, 0.29) is 10.8 Å². The molecular formula is C14H13BrFN3S. The highest BCUT2D eigenvalue weighted by molar-refractivity contribution is 9.10. The van der Waals surface area contributed by atoms with Gasteiger partial charge in [-0.05, 0) is 59.1 Å². The molecule has 2 rings (SSSR count). The number of nitrogens with one attached hydrogen (secondary N) is 1.